The lowest BCUT2D eigenvalue weighted by atomic mass is 9.60. The van der Waals surface area contributed by atoms with Gasteiger partial charge < -0.3 is 50.7 Å². The van der Waals surface area contributed by atoms with Crippen LogP contribution in [-0.4, -0.2) is 68.4 Å². The van der Waals surface area contributed by atoms with Crippen LogP contribution in [0.25, 0.3) is 0 Å². The Balaban J connectivity index is 0.970. The van der Waals surface area contributed by atoms with Crippen LogP contribution < -0.4 is 31.1 Å². The molecule has 0 bridgehead atoms. The molecule has 1 aliphatic carbocycles. The van der Waals surface area contributed by atoms with Crippen LogP contribution in [0.15, 0.2) is 219 Å². The van der Waals surface area contributed by atoms with Crippen molar-refractivity contribution in [2.45, 2.75) is 60.7 Å². The second-order valence-electron chi connectivity index (χ2n) is 17.7. The Hall–Kier alpha value is -7.72. The number of fused-ring (bicyclic) bond motifs is 12. The largest absolute Gasteiger partial charge is 0.367 e. The SMILES string of the molecule is C1=CN2C(N1)C1NC=CN1C1C(c3ccc(N(c4ccccc4)c4ccccc4)cc3)C3C(C(c4ccc(N(c5ccccc5)c5ccccc5)cc4)C12)N1C=CNC1C1NC=CN13. The van der Waals surface area contributed by atoms with Gasteiger partial charge in [0.15, 0.2) is 0 Å². The Morgan fingerprint density at radius 2 is 0.516 bits per heavy atom. The van der Waals surface area contributed by atoms with E-state index in [9.17, 15) is 0 Å². The summed E-state index contributed by atoms with van der Waals surface area (Å²) in [4.78, 5) is 15.3. The van der Waals surface area contributed by atoms with E-state index in [2.05, 4.69) is 270 Å². The lowest BCUT2D eigenvalue weighted by Crippen LogP contribution is -2.80. The zero-order chi connectivity index (χ0) is 42.1. The van der Waals surface area contributed by atoms with E-state index in [0.29, 0.717) is 0 Å². The van der Waals surface area contributed by atoms with E-state index in [1.54, 1.807) is 0 Å². The molecule has 13 rings (SSSR count). The van der Waals surface area contributed by atoms with Gasteiger partial charge in [-0.25, -0.2) is 0 Å². The maximum atomic E-state index is 3.77. The molecule has 6 heterocycles. The Kier molecular flexibility index (Phi) is 8.63. The van der Waals surface area contributed by atoms with Crippen LogP contribution in [0.2, 0.25) is 0 Å². The van der Waals surface area contributed by atoms with Crippen LogP contribution in [0.4, 0.5) is 34.1 Å². The predicted molar refractivity (Wildman–Crippen MR) is 254 cm³/mol. The highest BCUT2D eigenvalue weighted by molar-refractivity contribution is 5.77. The molecule has 3 fully saturated rings. The minimum Gasteiger partial charge on any atom is -0.367 e. The lowest BCUT2D eigenvalue weighted by Gasteiger charge is -2.67. The minimum atomic E-state index is 0.0716. The molecule has 4 N–H and O–H groups in total. The summed E-state index contributed by atoms with van der Waals surface area (Å²) in [6.07, 6.45) is 18.2. The van der Waals surface area contributed by atoms with E-state index < -0.39 is 0 Å². The fourth-order valence-corrected chi connectivity index (χ4v) is 12.2. The molecule has 6 aromatic rings. The highest BCUT2D eigenvalue weighted by Crippen LogP contribution is 2.56. The van der Waals surface area contributed by atoms with Crippen molar-refractivity contribution >= 4 is 34.1 Å². The molecule has 6 aliphatic heterocycles. The highest BCUT2D eigenvalue weighted by Gasteiger charge is 2.65. The number of benzene rings is 6. The average molecular weight is 839 g/mol. The number of nitrogens with zero attached hydrogens (tertiary/aromatic N) is 6. The molecule has 6 aromatic carbocycles. The second-order valence-corrected chi connectivity index (χ2v) is 17.7. The summed E-state index contributed by atoms with van der Waals surface area (Å²) in [7, 11) is 0. The van der Waals surface area contributed by atoms with Crippen molar-refractivity contribution in [2.75, 3.05) is 9.80 Å². The van der Waals surface area contributed by atoms with Crippen molar-refractivity contribution in [3.8, 4) is 0 Å². The van der Waals surface area contributed by atoms with E-state index in [-0.39, 0.29) is 60.7 Å². The normalized spacial score (nSPS) is 28.4. The molecule has 1 saturated carbocycles. The van der Waals surface area contributed by atoms with Crippen molar-refractivity contribution in [1.29, 1.82) is 0 Å². The van der Waals surface area contributed by atoms with Gasteiger partial charge in [-0.15, -0.1) is 0 Å². The van der Waals surface area contributed by atoms with E-state index in [1.165, 1.54) is 11.1 Å². The molecule has 0 amide bonds. The maximum Gasteiger partial charge on any atom is 0.139 e. The van der Waals surface area contributed by atoms with Crippen molar-refractivity contribution in [3.63, 3.8) is 0 Å². The topological polar surface area (TPSA) is 67.6 Å². The molecule has 2 saturated heterocycles. The van der Waals surface area contributed by atoms with Crippen molar-refractivity contribution in [2.24, 2.45) is 0 Å². The summed E-state index contributed by atoms with van der Waals surface area (Å²) in [6.45, 7) is 0. The minimum absolute atomic E-state index is 0.0716. The molecule has 0 aromatic heterocycles. The number of hydrogen-bond donors (Lipinski definition) is 4. The number of rotatable bonds is 8. The zero-order valence-electron chi connectivity index (χ0n) is 35.2. The van der Waals surface area contributed by atoms with Crippen molar-refractivity contribution in [3.05, 3.63) is 231 Å². The molecule has 0 radical (unpaired) electrons. The Labute approximate surface area is 374 Å². The Morgan fingerprint density at radius 1 is 0.281 bits per heavy atom. The van der Waals surface area contributed by atoms with Gasteiger partial charge >= 0.3 is 0 Å². The number of hydrogen-bond acceptors (Lipinski definition) is 10. The summed E-state index contributed by atoms with van der Waals surface area (Å²) >= 11 is 0. The molecule has 8 unspecified atom stereocenters. The van der Waals surface area contributed by atoms with Crippen molar-refractivity contribution < 1.29 is 0 Å². The molecule has 7 aliphatic rings. The molecule has 10 heteroatoms. The molecular weight excluding hydrogens is 789 g/mol. The van der Waals surface area contributed by atoms with E-state index in [1.807, 2.05) is 0 Å². The average Bonchev–Trinajstić information content (AvgIpc) is 4.21. The van der Waals surface area contributed by atoms with Crippen LogP contribution in [-0.2, 0) is 0 Å². The standard InChI is InChI=1S/C54H50N10/c1-5-13-39(14-6-1)63(40-15-7-2-8-16-40)43-25-21-37(22-26-43)45-47-49(61-35-31-57-53(61)51-55-29-33-59(47)51)46(50-48(45)60-34-30-56-52(60)54-58-32-36-62(50)54)38-23-27-44(28-24-38)64(41-17-9-3-10-18-41)42-19-11-4-12-20-42/h1-36,45-58H. The summed E-state index contributed by atoms with van der Waals surface area (Å²) in [5, 5.41) is 15.1. The summed E-state index contributed by atoms with van der Waals surface area (Å²) in [6, 6.07) is 62.3. The van der Waals surface area contributed by atoms with Gasteiger partial charge in [0.05, 0.1) is 24.2 Å². The third-order valence-electron chi connectivity index (χ3n) is 14.6. The van der Waals surface area contributed by atoms with Crippen LogP contribution >= 0.6 is 0 Å². The third kappa shape index (κ3) is 5.71. The predicted octanol–water partition coefficient (Wildman–Crippen LogP) is 8.82. The number of para-hydroxylation sites is 4. The summed E-state index contributed by atoms with van der Waals surface area (Å²) in [5.41, 5.74) is 9.48. The van der Waals surface area contributed by atoms with E-state index >= 15 is 0 Å². The first kappa shape index (κ1) is 36.9. The molecule has 10 nitrogen and oxygen atoms in total. The van der Waals surface area contributed by atoms with Crippen LogP contribution in [0.5, 0.6) is 0 Å². The molecule has 64 heavy (non-hydrogen) atoms. The van der Waals surface area contributed by atoms with E-state index in [4.69, 9.17) is 0 Å². The van der Waals surface area contributed by atoms with Gasteiger partial charge in [-0.2, -0.15) is 0 Å². The quantitative estimate of drug-likeness (QED) is 0.120. The fourth-order valence-electron chi connectivity index (χ4n) is 12.2. The molecule has 8 atom stereocenters. The highest BCUT2D eigenvalue weighted by atomic mass is 15.5. The number of nitrogens with one attached hydrogen (secondary N) is 4. The zero-order valence-corrected chi connectivity index (χ0v) is 35.2. The first-order chi connectivity index (χ1) is 31.8. The first-order valence-electron chi connectivity index (χ1n) is 22.6. The Morgan fingerprint density at radius 3 is 0.766 bits per heavy atom. The van der Waals surface area contributed by atoms with Gasteiger partial charge in [0.2, 0.25) is 0 Å². The van der Waals surface area contributed by atoms with Gasteiger partial charge in [-0.05, 0) is 83.9 Å². The van der Waals surface area contributed by atoms with Crippen LogP contribution in [0.1, 0.15) is 23.0 Å². The lowest BCUT2D eigenvalue weighted by molar-refractivity contribution is -0.123. The maximum absolute atomic E-state index is 3.77. The van der Waals surface area contributed by atoms with Gasteiger partial charge in [0, 0.05) is 95.6 Å². The number of piperazine rings is 2. The van der Waals surface area contributed by atoms with Gasteiger partial charge in [0.1, 0.15) is 24.7 Å². The van der Waals surface area contributed by atoms with Crippen LogP contribution in [0, 0.1) is 0 Å². The van der Waals surface area contributed by atoms with Gasteiger partial charge in [0.25, 0.3) is 0 Å². The molecule has 316 valence electrons. The van der Waals surface area contributed by atoms with Gasteiger partial charge in [-0.3, -0.25) is 0 Å². The third-order valence-corrected chi connectivity index (χ3v) is 14.6. The van der Waals surface area contributed by atoms with E-state index in [0.717, 1.165) is 34.1 Å². The van der Waals surface area contributed by atoms with Crippen LogP contribution in [0.3, 0.4) is 0 Å². The smallest absolute Gasteiger partial charge is 0.139 e. The molecule has 0 spiro atoms. The second kappa shape index (κ2) is 15.0. The molecular formula is C54H50N10. The first-order valence-corrected chi connectivity index (χ1v) is 22.6. The Bertz CT molecular complexity index is 2390. The summed E-state index contributed by atoms with van der Waals surface area (Å²) < 4.78 is 0. The number of anilines is 6. The van der Waals surface area contributed by atoms with Gasteiger partial charge in [-0.1, -0.05) is 97.1 Å². The van der Waals surface area contributed by atoms with Crippen molar-refractivity contribution in [1.82, 2.24) is 40.9 Å². The monoisotopic (exact) mass is 838 g/mol. The fraction of sp³-hybridized carbons (Fsp3) is 0.185. The summed E-state index contributed by atoms with van der Waals surface area (Å²) in [5.74, 6) is 0.245.